The van der Waals surface area contributed by atoms with Crippen LogP contribution in [0.1, 0.15) is 32.6 Å². The summed E-state index contributed by atoms with van der Waals surface area (Å²) in [7, 11) is 0. The van der Waals surface area contributed by atoms with Crippen molar-refractivity contribution in [3.63, 3.8) is 0 Å². The van der Waals surface area contributed by atoms with Crippen LogP contribution in [0.4, 0.5) is 0 Å². The van der Waals surface area contributed by atoms with Gasteiger partial charge in [-0.2, -0.15) is 0 Å². The first-order valence-corrected chi connectivity index (χ1v) is 8.19. The molecule has 2 fully saturated rings. The fourth-order valence-electron chi connectivity index (χ4n) is 3.07. The Morgan fingerprint density at radius 1 is 1.10 bits per heavy atom. The van der Waals surface area contributed by atoms with Crippen molar-refractivity contribution in [2.75, 3.05) is 52.4 Å². The highest BCUT2D eigenvalue weighted by Crippen LogP contribution is 2.11. The van der Waals surface area contributed by atoms with Crippen LogP contribution in [0, 0.1) is 0 Å². The van der Waals surface area contributed by atoms with Crippen molar-refractivity contribution in [3.8, 4) is 0 Å². The molecule has 2 saturated heterocycles. The first kappa shape index (κ1) is 15.7. The van der Waals surface area contributed by atoms with E-state index in [0.717, 1.165) is 39.1 Å². The zero-order valence-electron chi connectivity index (χ0n) is 12.9. The molecule has 0 aromatic heterocycles. The summed E-state index contributed by atoms with van der Waals surface area (Å²) < 4.78 is 0. The van der Waals surface area contributed by atoms with Gasteiger partial charge in [0.15, 0.2) is 0 Å². The van der Waals surface area contributed by atoms with Gasteiger partial charge in [0.25, 0.3) is 0 Å². The van der Waals surface area contributed by atoms with Crippen LogP contribution in [0.3, 0.4) is 0 Å². The van der Waals surface area contributed by atoms with E-state index in [1.807, 2.05) is 0 Å². The predicted molar refractivity (Wildman–Crippen MR) is 81.8 cm³/mol. The molecule has 1 atom stereocenters. The van der Waals surface area contributed by atoms with Crippen molar-refractivity contribution < 1.29 is 4.79 Å². The van der Waals surface area contributed by atoms with Crippen molar-refractivity contribution in [3.05, 3.63) is 0 Å². The van der Waals surface area contributed by atoms with E-state index in [2.05, 4.69) is 27.4 Å². The Morgan fingerprint density at radius 2 is 1.90 bits per heavy atom. The Labute approximate surface area is 123 Å². The molecule has 5 heteroatoms. The lowest BCUT2D eigenvalue weighted by atomic mass is 10.1. The van der Waals surface area contributed by atoms with E-state index in [-0.39, 0.29) is 5.91 Å². The Morgan fingerprint density at radius 3 is 2.70 bits per heavy atom. The molecule has 0 spiro atoms. The average Bonchev–Trinajstić information content (AvgIpc) is 2.74. The molecule has 2 N–H and O–H groups in total. The van der Waals surface area contributed by atoms with E-state index in [1.54, 1.807) is 0 Å². The van der Waals surface area contributed by atoms with Crippen molar-refractivity contribution in [2.45, 2.75) is 38.6 Å². The number of carbonyl (C=O) groups excluding carboxylic acids is 1. The molecule has 20 heavy (non-hydrogen) atoms. The summed E-state index contributed by atoms with van der Waals surface area (Å²) in [5.41, 5.74) is 0. The number of rotatable bonds is 5. The number of amides is 1. The number of hydrogen-bond acceptors (Lipinski definition) is 4. The van der Waals surface area contributed by atoms with Gasteiger partial charge >= 0.3 is 0 Å². The highest BCUT2D eigenvalue weighted by atomic mass is 16.2. The summed E-state index contributed by atoms with van der Waals surface area (Å²) in [5.74, 6) is 0.177. The third kappa shape index (κ3) is 5.38. The second kappa shape index (κ2) is 8.60. The van der Waals surface area contributed by atoms with Crippen LogP contribution in [0.25, 0.3) is 0 Å². The Kier molecular flexibility index (Phi) is 6.76. The lowest BCUT2D eigenvalue weighted by Crippen LogP contribution is -2.46. The number of hydrogen-bond donors (Lipinski definition) is 2. The molecular weight excluding hydrogens is 252 g/mol. The van der Waals surface area contributed by atoms with Crippen LogP contribution in [0.15, 0.2) is 0 Å². The fourth-order valence-corrected chi connectivity index (χ4v) is 3.07. The molecule has 0 radical (unpaired) electrons. The molecule has 2 heterocycles. The molecule has 2 aliphatic rings. The lowest BCUT2D eigenvalue weighted by Gasteiger charge is -2.32. The Hall–Kier alpha value is -0.650. The summed E-state index contributed by atoms with van der Waals surface area (Å²) in [6.07, 6.45) is 5.11. The van der Waals surface area contributed by atoms with Crippen molar-refractivity contribution in [2.24, 2.45) is 0 Å². The third-order valence-corrected chi connectivity index (χ3v) is 4.41. The fraction of sp³-hybridized carbons (Fsp3) is 0.933. The van der Waals surface area contributed by atoms with Gasteiger partial charge in [-0.25, -0.2) is 0 Å². The normalized spacial score (nSPS) is 24.1. The van der Waals surface area contributed by atoms with Crippen molar-refractivity contribution in [1.29, 1.82) is 0 Å². The van der Waals surface area contributed by atoms with Gasteiger partial charge in [0.2, 0.25) is 5.91 Å². The molecule has 0 aliphatic carbocycles. The van der Waals surface area contributed by atoms with Gasteiger partial charge in [0.1, 0.15) is 0 Å². The average molecular weight is 282 g/mol. The molecule has 2 aliphatic heterocycles. The first-order chi connectivity index (χ1) is 9.75. The summed E-state index contributed by atoms with van der Waals surface area (Å²) in [5, 5.41) is 6.47. The summed E-state index contributed by atoms with van der Waals surface area (Å²) >= 11 is 0. The molecule has 0 aromatic rings. The molecule has 0 saturated carbocycles. The predicted octanol–water partition coefficient (Wildman–Crippen LogP) is 0.272. The minimum absolute atomic E-state index is 0.177. The molecule has 2 rings (SSSR count). The zero-order valence-corrected chi connectivity index (χ0v) is 12.9. The largest absolute Gasteiger partial charge is 0.353 e. The van der Waals surface area contributed by atoms with Crippen LogP contribution in [-0.2, 0) is 4.79 Å². The van der Waals surface area contributed by atoms with Crippen LogP contribution in [-0.4, -0.2) is 74.1 Å². The Balaban J connectivity index is 1.63. The van der Waals surface area contributed by atoms with Crippen molar-refractivity contribution >= 4 is 5.91 Å². The monoisotopic (exact) mass is 282 g/mol. The minimum Gasteiger partial charge on any atom is -0.353 e. The van der Waals surface area contributed by atoms with Crippen LogP contribution < -0.4 is 10.6 Å². The van der Waals surface area contributed by atoms with Crippen LogP contribution in [0.2, 0.25) is 0 Å². The second-order valence-electron chi connectivity index (χ2n) is 6.13. The molecule has 1 amide bonds. The van der Waals surface area contributed by atoms with Gasteiger partial charge in [-0.1, -0.05) is 6.42 Å². The SMILES string of the molecule is CC(CNC(=O)CN1CCCNCC1)N1CCCCC1. The summed E-state index contributed by atoms with van der Waals surface area (Å²) in [4.78, 5) is 16.8. The number of likely N-dealkylation sites (tertiary alicyclic amines) is 1. The number of carbonyl (C=O) groups is 1. The topological polar surface area (TPSA) is 47.6 Å². The number of nitrogens with one attached hydrogen (secondary N) is 2. The minimum atomic E-state index is 0.177. The highest BCUT2D eigenvalue weighted by molar-refractivity contribution is 5.78. The van der Waals surface area contributed by atoms with Gasteiger partial charge in [0, 0.05) is 25.7 Å². The van der Waals surface area contributed by atoms with E-state index in [4.69, 9.17) is 0 Å². The number of nitrogens with zero attached hydrogens (tertiary/aromatic N) is 2. The van der Waals surface area contributed by atoms with Gasteiger partial charge in [0.05, 0.1) is 6.54 Å². The summed E-state index contributed by atoms with van der Waals surface area (Å²) in [6, 6.07) is 0.463. The smallest absolute Gasteiger partial charge is 0.234 e. The maximum absolute atomic E-state index is 12.0. The maximum Gasteiger partial charge on any atom is 0.234 e. The quantitative estimate of drug-likeness (QED) is 0.760. The molecule has 116 valence electrons. The van der Waals surface area contributed by atoms with Crippen molar-refractivity contribution in [1.82, 2.24) is 20.4 Å². The van der Waals surface area contributed by atoms with Gasteiger partial charge in [-0.3, -0.25) is 14.6 Å². The maximum atomic E-state index is 12.0. The standard InChI is InChI=1S/C15H30N4O/c1-14(19-9-3-2-4-10-19)12-17-15(20)13-18-8-5-6-16-7-11-18/h14,16H,2-13H2,1H3,(H,17,20). The number of piperidine rings is 1. The third-order valence-electron chi connectivity index (χ3n) is 4.41. The second-order valence-corrected chi connectivity index (χ2v) is 6.13. The van der Waals surface area contributed by atoms with E-state index < -0.39 is 0 Å². The summed E-state index contributed by atoms with van der Waals surface area (Å²) in [6.45, 7) is 10.0. The lowest BCUT2D eigenvalue weighted by molar-refractivity contribution is -0.122. The molecule has 5 nitrogen and oxygen atoms in total. The van der Waals surface area contributed by atoms with Crippen LogP contribution in [0.5, 0.6) is 0 Å². The van der Waals surface area contributed by atoms with E-state index in [0.29, 0.717) is 12.6 Å². The molecule has 1 unspecified atom stereocenters. The van der Waals surface area contributed by atoms with E-state index >= 15 is 0 Å². The molecule has 0 aromatic carbocycles. The van der Waals surface area contributed by atoms with Gasteiger partial charge in [-0.15, -0.1) is 0 Å². The van der Waals surface area contributed by atoms with Gasteiger partial charge in [-0.05, 0) is 52.4 Å². The molecule has 0 bridgehead atoms. The first-order valence-electron chi connectivity index (χ1n) is 8.19. The highest BCUT2D eigenvalue weighted by Gasteiger charge is 2.18. The van der Waals surface area contributed by atoms with E-state index in [9.17, 15) is 4.79 Å². The zero-order chi connectivity index (χ0) is 14.2. The van der Waals surface area contributed by atoms with E-state index in [1.165, 1.54) is 32.4 Å². The van der Waals surface area contributed by atoms with Gasteiger partial charge < -0.3 is 10.6 Å². The Bertz CT molecular complexity index is 284. The van der Waals surface area contributed by atoms with Crippen LogP contribution >= 0.6 is 0 Å². The molecular formula is C15H30N4O.